The zero-order chi connectivity index (χ0) is 22.2. The molecule has 1 atom stereocenters. The highest BCUT2D eigenvalue weighted by atomic mass is 16.6. The van der Waals surface area contributed by atoms with Crippen LogP contribution in [0, 0.1) is 23.2 Å². The van der Waals surface area contributed by atoms with E-state index in [4.69, 9.17) is 10.5 Å². The van der Waals surface area contributed by atoms with Crippen LogP contribution in [0.2, 0.25) is 0 Å². The second-order valence-corrected chi connectivity index (χ2v) is 8.94. The van der Waals surface area contributed by atoms with E-state index >= 15 is 0 Å². The van der Waals surface area contributed by atoms with E-state index in [9.17, 15) is 19.6 Å². The summed E-state index contributed by atoms with van der Waals surface area (Å²) in [5.41, 5.74) is 4.92. The molecule has 1 saturated heterocycles. The molecule has 1 aromatic rings. The second-order valence-electron chi connectivity index (χ2n) is 8.94. The molecule has 0 radical (unpaired) electrons. The first-order valence-corrected chi connectivity index (χ1v) is 10.9. The molecule has 0 bridgehead atoms. The summed E-state index contributed by atoms with van der Waals surface area (Å²) in [5, 5.41) is 16.6. The summed E-state index contributed by atoms with van der Waals surface area (Å²) >= 11 is 0. The Morgan fingerprint density at radius 3 is 2.55 bits per heavy atom. The molecule has 0 aromatic carbocycles. The number of hydrogen-bond acceptors (Lipinski definition) is 6. The lowest BCUT2D eigenvalue weighted by Crippen LogP contribution is -2.48. The molecule has 0 spiro atoms. The standard InChI is InChI=1S/C21H28N6O4/c1-13(14-2-3-14)31-20(30)26-10-7-21(6-9-22,8-11-26)27-12-16(17(23)28)18(25-27)24-19(29)15-4-5-15/h12-15H,2-8,10-11H2,1H3,(H2,23,28)(H,24,25,29). The summed E-state index contributed by atoms with van der Waals surface area (Å²) in [5.74, 6) is -0.330. The summed E-state index contributed by atoms with van der Waals surface area (Å²) in [7, 11) is 0. The van der Waals surface area contributed by atoms with Crippen LogP contribution in [0.15, 0.2) is 6.20 Å². The molecule has 1 aromatic heterocycles. The minimum absolute atomic E-state index is 0.0498. The number of rotatable bonds is 7. The molecule has 1 unspecified atom stereocenters. The number of amides is 3. The van der Waals surface area contributed by atoms with E-state index in [2.05, 4.69) is 16.5 Å². The first kappa shape index (κ1) is 21.2. The molecule has 3 amide bonds. The minimum Gasteiger partial charge on any atom is -0.446 e. The maximum absolute atomic E-state index is 12.5. The van der Waals surface area contributed by atoms with E-state index in [1.807, 2.05) is 6.92 Å². The van der Waals surface area contributed by atoms with Crippen molar-refractivity contribution in [3.8, 4) is 6.07 Å². The zero-order valence-corrected chi connectivity index (χ0v) is 17.7. The number of carbonyl (C=O) groups excluding carboxylic acids is 3. The van der Waals surface area contributed by atoms with E-state index in [1.54, 1.807) is 9.58 Å². The van der Waals surface area contributed by atoms with Crippen LogP contribution in [0.3, 0.4) is 0 Å². The summed E-state index contributed by atoms with van der Waals surface area (Å²) in [4.78, 5) is 38.3. The third-order valence-electron chi connectivity index (χ3n) is 6.59. The lowest BCUT2D eigenvalue weighted by molar-refractivity contribution is -0.117. The fraction of sp³-hybridized carbons (Fsp3) is 0.667. The Balaban J connectivity index is 1.49. The van der Waals surface area contributed by atoms with Crippen molar-refractivity contribution in [3.63, 3.8) is 0 Å². The van der Waals surface area contributed by atoms with Gasteiger partial charge in [0.15, 0.2) is 5.82 Å². The van der Waals surface area contributed by atoms with Gasteiger partial charge in [-0.2, -0.15) is 10.4 Å². The van der Waals surface area contributed by atoms with Crippen LogP contribution in [0.5, 0.6) is 0 Å². The predicted molar refractivity (Wildman–Crippen MR) is 110 cm³/mol. The van der Waals surface area contributed by atoms with Gasteiger partial charge in [-0.05, 0) is 51.4 Å². The number of nitrogens with zero attached hydrogens (tertiary/aromatic N) is 4. The Hall–Kier alpha value is -3.09. The van der Waals surface area contributed by atoms with Crippen LogP contribution in [-0.4, -0.2) is 51.8 Å². The number of nitriles is 1. The maximum atomic E-state index is 12.5. The van der Waals surface area contributed by atoms with Gasteiger partial charge in [0.25, 0.3) is 5.91 Å². The number of piperidine rings is 1. The van der Waals surface area contributed by atoms with Gasteiger partial charge in [0.1, 0.15) is 11.7 Å². The lowest BCUT2D eigenvalue weighted by atomic mass is 9.85. The Kier molecular flexibility index (Phi) is 5.60. The van der Waals surface area contributed by atoms with Gasteiger partial charge < -0.3 is 20.7 Å². The minimum atomic E-state index is -0.695. The van der Waals surface area contributed by atoms with Gasteiger partial charge in [0.2, 0.25) is 5.91 Å². The largest absolute Gasteiger partial charge is 0.446 e. The van der Waals surface area contributed by atoms with Crippen molar-refractivity contribution in [2.75, 3.05) is 18.4 Å². The Morgan fingerprint density at radius 1 is 1.32 bits per heavy atom. The molecule has 166 valence electrons. The molecule has 2 heterocycles. The highest BCUT2D eigenvalue weighted by Gasteiger charge is 2.41. The van der Waals surface area contributed by atoms with Gasteiger partial charge in [-0.3, -0.25) is 14.3 Å². The third kappa shape index (κ3) is 4.50. The number of nitrogens with one attached hydrogen (secondary N) is 1. The van der Waals surface area contributed by atoms with Crippen molar-refractivity contribution >= 4 is 23.7 Å². The van der Waals surface area contributed by atoms with E-state index in [1.165, 1.54) is 6.20 Å². The molecule has 3 N–H and O–H groups in total. The van der Waals surface area contributed by atoms with Gasteiger partial charge in [-0.25, -0.2) is 4.79 Å². The van der Waals surface area contributed by atoms with Crippen LogP contribution >= 0.6 is 0 Å². The topological polar surface area (TPSA) is 143 Å². The average molecular weight is 428 g/mol. The predicted octanol–water partition coefficient (Wildman–Crippen LogP) is 1.97. The molecule has 3 fully saturated rings. The van der Waals surface area contributed by atoms with Gasteiger partial charge in [0.05, 0.1) is 18.0 Å². The van der Waals surface area contributed by atoms with Gasteiger partial charge in [0, 0.05) is 25.2 Å². The van der Waals surface area contributed by atoms with Crippen LogP contribution in [0.25, 0.3) is 0 Å². The summed E-state index contributed by atoms with van der Waals surface area (Å²) < 4.78 is 7.14. The van der Waals surface area contributed by atoms with Crippen LogP contribution in [-0.2, 0) is 15.1 Å². The molecule has 4 rings (SSSR count). The highest BCUT2D eigenvalue weighted by molar-refractivity contribution is 6.02. The molecule has 2 aliphatic carbocycles. The number of aromatic nitrogens is 2. The molecular formula is C21H28N6O4. The number of likely N-dealkylation sites (tertiary alicyclic amines) is 1. The number of nitrogens with two attached hydrogens (primary N) is 1. The number of hydrogen-bond donors (Lipinski definition) is 2. The number of anilines is 1. The zero-order valence-electron chi connectivity index (χ0n) is 17.7. The maximum Gasteiger partial charge on any atom is 0.410 e. The van der Waals surface area contributed by atoms with E-state index in [0.29, 0.717) is 31.8 Å². The smallest absolute Gasteiger partial charge is 0.410 e. The lowest BCUT2D eigenvalue weighted by Gasteiger charge is -2.40. The van der Waals surface area contributed by atoms with Gasteiger partial charge >= 0.3 is 6.09 Å². The quantitative estimate of drug-likeness (QED) is 0.679. The molecule has 2 saturated carbocycles. The molecule has 10 heteroatoms. The first-order chi connectivity index (χ1) is 14.8. The summed E-state index contributed by atoms with van der Waals surface area (Å²) in [6.45, 7) is 2.74. The van der Waals surface area contributed by atoms with Crippen molar-refractivity contribution in [3.05, 3.63) is 11.8 Å². The van der Waals surface area contributed by atoms with Crippen LogP contribution < -0.4 is 11.1 Å². The molecule has 10 nitrogen and oxygen atoms in total. The van der Waals surface area contributed by atoms with E-state index < -0.39 is 11.4 Å². The second kappa shape index (κ2) is 8.21. The SMILES string of the molecule is CC(OC(=O)N1CCC(CC#N)(n2cc(C(N)=O)c(NC(=O)C3CC3)n2)CC1)C1CC1. The van der Waals surface area contributed by atoms with Crippen LogP contribution in [0.4, 0.5) is 10.6 Å². The summed E-state index contributed by atoms with van der Waals surface area (Å²) in [6, 6.07) is 2.20. The Morgan fingerprint density at radius 2 is 2.00 bits per heavy atom. The molecule has 3 aliphatic rings. The molecule has 31 heavy (non-hydrogen) atoms. The monoisotopic (exact) mass is 428 g/mol. The Bertz CT molecular complexity index is 919. The number of ether oxygens (including phenoxy) is 1. The fourth-order valence-corrected chi connectivity index (χ4v) is 4.09. The Labute approximate surface area is 180 Å². The average Bonchev–Trinajstić information content (AvgIpc) is 3.65. The van der Waals surface area contributed by atoms with Crippen molar-refractivity contribution in [2.24, 2.45) is 17.6 Å². The van der Waals surface area contributed by atoms with E-state index in [0.717, 1.165) is 25.7 Å². The number of carbonyl (C=O) groups is 3. The third-order valence-corrected chi connectivity index (χ3v) is 6.59. The van der Waals surface area contributed by atoms with Gasteiger partial charge in [-0.1, -0.05) is 0 Å². The first-order valence-electron chi connectivity index (χ1n) is 10.9. The molecular weight excluding hydrogens is 400 g/mol. The van der Waals surface area contributed by atoms with Crippen LogP contribution in [0.1, 0.15) is 62.2 Å². The van der Waals surface area contributed by atoms with Crippen molar-refractivity contribution in [2.45, 2.75) is 63.5 Å². The van der Waals surface area contributed by atoms with Crippen molar-refractivity contribution in [1.82, 2.24) is 14.7 Å². The highest BCUT2D eigenvalue weighted by Crippen LogP contribution is 2.37. The van der Waals surface area contributed by atoms with E-state index in [-0.39, 0.29) is 41.8 Å². The van der Waals surface area contributed by atoms with Gasteiger partial charge in [-0.15, -0.1) is 0 Å². The normalized spacial score (nSPS) is 21.1. The van der Waals surface area contributed by atoms with Crippen molar-refractivity contribution < 1.29 is 19.1 Å². The fourth-order valence-electron chi connectivity index (χ4n) is 4.09. The molecule has 1 aliphatic heterocycles. The van der Waals surface area contributed by atoms with Crippen molar-refractivity contribution in [1.29, 1.82) is 5.26 Å². The summed E-state index contributed by atoms with van der Waals surface area (Å²) in [6.07, 6.45) is 6.04. The number of primary amides is 1.